The smallest absolute Gasteiger partial charge is 0.123 e. The first-order chi connectivity index (χ1) is 8.24. The molecule has 0 saturated carbocycles. The predicted octanol–water partition coefficient (Wildman–Crippen LogP) is 3.01. The van der Waals surface area contributed by atoms with Gasteiger partial charge in [-0.3, -0.25) is 0 Å². The largest absolute Gasteiger partial charge is 0.494 e. The van der Waals surface area contributed by atoms with E-state index < -0.39 is 0 Å². The van der Waals surface area contributed by atoms with E-state index in [1.54, 1.807) is 0 Å². The molecule has 0 aliphatic heterocycles. The molecule has 0 radical (unpaired) electrons. The predicted molar refractivity (Wildman–Crippen MR) is 69.4 cm³/mol. The lowest BCUT2D eigenvalue weighted by molar-refractivity contribution is 0.284. The second kappa shape index (κ2) is 5.29. The average molecular weight is 249 g/mol. The van der Waals surface area contributed by atoms with E-state index in [1.807, 2.05) is 38.1 Å². The summed E-state index contributed by atoms with van der Waals surface area (Å²) in [6.45, 7) is 4.61. The summed E-state index contributed by atoms with van der Waals surface area (Å²) in [5, 5.41) is 10.1. The maximum Gasteiger partial charge on any atom is 0.123 e. The van der Waals surface area contributed by atoms with Crippen LogP contribution in [0.5, 0.6) is 5.75 Å². The van der Waals surface area contributed by atoms with Crippen molar-refractivity contribution >= 4 is 11.3 Å². The first kappa shape index (κ1) is 12.1. The van der Waals surface area contributed by atoms with Crippen LogP contribution in [0.3, 0.4) is 0 Å². The summed E-state index contributed by atoms with van der Waals surface area (Å²) in [6.07, 6.45) is 0. The van der Waals surface area contributed by atoms with Crippen LogP contribution >= 0.6 is 11.3 Å². The Balaban J connectivity index is 2.26. The number of rotatable bonds is 4. The molecule has 2 rings (SSSR count). The van der Waals surface area contributed by atoms with E-state index >= 15 is 0 Å². The normalized spacial score (nSPS) is 10.5. The van der Waals surface area contributed by atoms with Crippen LogP contribution in [0.4, 0.5) is 0 Å². The van der Waals surface area contributed by atoms with Gasteiger partial charge in [-0.25, -0.2) is 4.98 Å². The molecular formula is C13H15NO2S. The van der Waals surface area contributed by atoms with Crippen molar-refractivity contribution in [2.45, 2.75) is 20.5 Å². The van der Waals surface area contributed by atoms with Gasteiger partial charge in [0.25, 0.3) is 0 Å². The highest BCUT2D eigenvalue weighted by atomic mass is 32.1. The zero-order chi connectivity index (χ0) is 12.3. The van der Waals surface area contributed by atoms with Gasteiger partial charge in [0.1, 0.15) is 10.8 Å². The molecule has 1 heterocycles. The van der Waals surface area contributed by atoms with Gasteiger partial charge in [0, 0.05) is 5.56 Å². The third-order valence-electron chi connectivity index (χ3n) is 2.45. The van der Waals surface area contributed by atoms with Crippen molar-refractivity contribution in [3.8, 4) is 16.3 Å². The molecule has 0 aliphatic rings. The highest BCUT2D eigenvalue weighted by molar-refractivity contribution is 7.15. The second-order valence-corrected chi connectivity index (χ2v) is 4.73. The maximum atomic E-state index is 9.14. The highest BCUT2D eigenvalue weighted by Crippen LogP contribution is 2.29. The van der Waals surface area contributed by atoms with Gasteiger partial charge in [-0.1, -0.05) is 0 Å². The Morgan fingerprint density at radius 1 is 1.29 bits per heavy atom. The number of aromatic nitrogens is 1. The fourth-order valence-corrected chi connectivity index (χ4v) is 2.49. The van der Waals surface area contributed by atoms with Gasteiger partial charge in [0.05, 0.1) is 23.8 Å². The van der Waals surface area contributed by atoms with Crippen molar-refractivity contribution in [2.75, 3.05) is 6.61 Å². The molecule has 0 bridgehead atoms. The van der Waals surface area contributed by atoms with E-state index in [0.29, 0.717) is 6.61 Å². The van der Waals surface area contributed by atoms with Crippen LogP contribution in [0.2, 0.25) is 0 Å². The molecule has 0 amide bonds. The van der Waals surface area contributed by atoms with Gasteiger partial charge in [-0.15, -0.1) is 11.3 Å². The van der Waals surface area contributed by atoms with Crippen molar-refractivity contribution in [2.24, 2.45) is 0 Å². The standard InChI is InChI=1S/C13H15NO2S/c1-3-16-11-6-4-10(5-7-11)13-14-9(2)12(8-15)17-13/h4-7,15H,3,8H2,1-2H3. The zero-order valence-corrected chi connectivity index (χ0v) is 10.8. The third-order valence-corrected chi connectivity index (χ3v) is 3.64. The van der Waals surface area contributed by atoms with Gasteiger partial charge in [-0.2, -0.15) is 0 Å². The molecule has 17 heavy (non-hydrogen) atoms. The van der Waals surface area contributed by atoms with Crippen LogP contribution in [-0.4, -0.2) is 16.7 Å². The summed E-state index contributed by atoms with van der Waals surface area (Å²) >= 11 is 1.53. The molecular weight excluding hydrogens is 234 g/mol. The van der Waals surface area contributed by atoms with Crippen LogP contribution in [0.15, 0.2) is 24.3 Å². The summed E-state index contributed by atoms with van der Waals surface area (Å²) in [4.78, 5) is 5.37. The Kier molecular flexibility index (Phi) is 3.76. The molecule has 90 valence electrons. The van der Waals surface area contributed by atoms with E-state index in [-0.39, 0.29) is 6.61 Å². The number of hydrogen-bond acceptors (Lipinski definition) is 4. The van der Waals surface area contributed by atoms with E-state index in [4.69, 9.17) is 9.84 Å². The Morgan fingerprint density at radius 3 is 2.53 bits per heavy atom. The summed E-state index contributed by atoms with van der Waals surface area (Å²) in [5.41, 5.74) is 1.96. The van der Waals surface area contributed by atoms with Crippen molar-refractivity contribution in [3.63, 3.8) is 0 Å². The molecule has 0 fully saturated rings. The fraction of sp³-hybridized carbons (Fsp3) is 0.308. The van der Waals surface area contributed by atoms with Gasteiger partial charge >= 0.3 is 0 Å². The van der Waals surface area contributed by atoms with Crippen LogP contribution in [0.25, 0.3) is 10.6 Å². The second-order valence-electron chi connectivity index (χ2n) is 3.64. The Hall–Kier alpha value is -1.39. The molecule has 0 saturated heterocycles. The van der Waals surface area contributed by atoms with Crippen molar-refractivity contribution < 1.29 is 9.84 Å². The summed E-state index contributed by atoms with van der Waals surface area (Å²) < 4.78 is 5.39. The summed E-state index contributed by atoms with van der Waals surface area (Å²) in [5.74, 6) is 0.868. The number of aryl methyl sites for hydroxylation is 1. The first-order valence-electron chi connectivity index (χ1n) is 5.55. The lowest BCUT2D eigenvalue weighted by atomic mass is 10.2. The van der Waals surface area contributed by atoms with E-state index in [1.165, 1.54) is 11.3 Å². The molecule has 2 aromatic rings. The molecule has 1 aromatic heterocycles. The third kappa shape index (κ3) is 2.65. The number of aliphatic hydroxyl groups excluding tert-OH is 1. The number of aliphatic hydroxyl groups is 1. The molecule has 1 N–H and O–H groups in total. The van der Waals surface area contributed by atoms with E-state index in [0.717, 1.165) is 26.9 Å². The monoisotopic (exact) mass is 249 g/mol. The van der Waals surface area contributed by atoms with Crippen LogP contribution in [0, 0.1) is 6.92 Å². The maximum absolute atomic E-state index is 9.14. The Bertz CT molecular complexity index is 491. The fourth-order valence-electron chi connectivity index (χ4n) is 1.56. The SMILES string of the molecule is CCOc1ccc(-c2nc(C)c(CO)s2)cc1. The lowest BCUT2D eigenvalue weighted by Gasteiger charge is -2.02. The van der Waals surface area contributed by atoms with Gasteiger partial charge in [0.2, 0.25) is 0 Å². The Labute approximate surface area is 105 Å². The minimum Gasteiger partial charge on any atom is -0.494 e. The molecule has 0 aliphatic carbocycles. The number of thiazole rings is 1. The highest BCUT2D eigenvalue weighted by Gasteiger charge is 2.08. The summed E-state index contributed by atoms with van der Waals surface area (Å²) in [6, 6.07) is 7.86. The molecule has 0 spiro atoms. The lowest BCUT2D eigenvalue weighted by Crippen LogP contribution is -1.90. The number of hydrogen-bond donors (Lipinski definition) is 1. The minimum atomic E-state index is 0.0561. The van der Waals surface area contributed by atoms with E-state index in [2.05, 4.69) is 4.98 Å². The van der Waals surface area contributed by atoms with Crippen molar-refractivity contribution in [1.29, 1.82) is 0 Å². The summed E-state index contributed by atoms with van der Waals surface area (Å²) in [7, 11) is 0. The first-order valence-corrected chi connectivity index (χ1v) is 6.36. The molecule has 3 nitrogen and oxygen atoms in total. The van der Waals surface area contributed by atoms with Crippen molar-refractivity contribution in [3.05, 3.63) is 34.8 Å². The van der Waals surface area contributed by atoms with E-state index in [9.17, 15) is 0 Å². The molecule has 4 heteroatoms. The van der Waals surface area contributed by atoms with Crippen molar-refractivity contribution in [1.82, 2.24) is 4.98 Å². The average Bonchev–Trinajstić information content (AvgIpc) is 2.72. The molecule has 0 atom stereocenters. The van der Waals surface area contributed by atoms with Gasteiger partial charge in [0.15, 0.2) is 0 Å². The molecule has 1 aromatic carbocycles. The van der Waals surface area contributed by atoms with Gasteiger partial charge in [-0.05, 0) is 38.1 Å². The zero-order valence-electron chi connectivity index (χ0n) is 9.93. The van der Waals surface area contributed by atoms with Crippen LogP contribution in [-0.2, 0) is 6.61 Å². The van der Waals surface area contributed by atoms with Gasteiger partial charge < -0.3 is 9.84 Å². The number of ether oxygens (including phenoxy) is 1. The minimum absolute atomic E-state index is 0.0561. The number of nitrogens with zero attached hydrogens (tertiary/aromatic N) is 1. The Morgan fingerprint density at radius 2 is 2.00 bits per heavy atom. The number of benzene rings is 1. The van der Waals surface area contributed by atoms with Crippen LogP contribution < -0.4 is 4.74 Å². The quantitative estimate of drug-likeness (QED) is 0.905. The molecule has 0 unspecified atom stereocenters. The van der Waals surface area contributed by atoms with Crippen LogP contribution in [0.1, 0.15) is 17.5 Å². The topological polar surface area (TPSA) is 42.4 Å².